The van der Waals surface area contributed by atoms with E-state index in [1.165, 1.54) is 4.68 Å². The Morgan fingerprint density at radius 1 is 1.05 bits per heavy atom. The van der Waals surface area contributed by atoms with E-state index in [4.69, 9.17) is 28.9 Å². The number of hydrogen-bond donors (Lipinski definition) is 1. The molecule has 2 aromatic carbocycles. The predicted molar refractivity (Wildman–Crippen MR) is 83.8 cm³/mol. The molecule has 1 heterocycles. The Balaban J connectivity index is 2.28. The molecule has 5 nitrogen and oxygen atoms in total. The van der Waals surface area contributed by atoms with Crippen molar-refractivity contribution in [2.75, 3.05) is 5.73 Å². The third kappa shape index (κ3) is 2.34. The van der Waals surface area contributed by atoms with Crippen molar-refractivity contribution in [2.24, 2.45) is 0 Å². The molecule has 0 saturated heterocycles. The average Bonchev–Trinajstić information content (AvgIpc) is 2.87. The highest BCUT2D eigenvalue weighted by atomic mass is 35.5. The van der Waals surface area contributed by atoms with E-state index in [-0.39, 0.29) is 0 Å². The Labute approximate surface area is 131 Å². The van der Waals surface area contributed by atoms with Crippen molar-refractivity contribution in [1.82, 2.24) is 20.2 Å². The summed E-state index contributed by atoms with van der Waals surface area (Å²) in [5.74, 6) is 0.501. The van der Waals surface area contributed by atoms with Gasteiger partial charge in [0.05, 0.1) is 10.0 Å². The number of para-hydroxylation sites is 1. The topological polar surface area (TPSA) is 69.6 Å². The van der Waals surface area contributed by atoms with Gasteiger partial charge in [-0.2, -0.15) is 4.68 Å². The van der Waals surface area contributed by atoms with Crippen LogP contribution in [0.15, 0.2) is 36.4 Å². The van der Waals surface area contributed by atoms with E-state index in [0.29, 0.717) is 27.2 Å². The van der Waals surface area contributed by atoms with E-state index in [2.05, 4.69) is 15.5 Å². The summed E-state index contributed by atoms with van der Waals surface area (Å²) < 4.78 is 1.50. The Hall–Kier alpha value is -2.11. The molecule has 0 unspecified atom stereocenters. The number of rotatable bonds is 2. The molecule has 3 rings (SSSR count). The molecular weight excluding hydrogens is 309 g/mol. The lowest BCUT2D eigenvalue weighted by molar-refractivity contribution is 0.791. The van der Waals surface area contributed by atoms with Gasteiger partial charge >= 0.3 is 0 Å². The molecule has 0 saturated carbocycles. The van der Waals surface area contributed by atoms with Crippen LogP contribution in [0.1, 0.15) is 5.56 Å². The lowest BCUT2D eigenvalue weighted by atomic mass is 10.1. The maximum atomic E-state index is 6.23. The molecule has 0 radical (unpaired) electrons. The summed E-state index contributed by atoms with van der Waals surface area (Å²) in [5, 5.41) is 12.7. The van der Waals surface area contributed by atoms with Crippen LogP contribution in [-0.2, 0) is 0 Å². The van der Waals surface area contributed by atoms with Crippen molar-refractivity contribution in [3.05, 3.63) is 52.0 Å². The summed E-state index contributed by atoms with van der Waals surface area (Å²) in [6, 6.07) is 10.9. The number of anilines is 1. The van der Waals surface area contributed by atoms with Crippen LogP contribution in [0.2, 0.25) is 10.0 Å². The number of aromatic nitrogens is 4. The molecule has 2 N–H and O–H groups in total. The van der Waals surface area contributed by atoms with Gasteiger partial charge < -0.3 is 5.73 Å². The highest BCUT2D eigenvalue weighted by Crippen LogP contribution is 2.33. The van der Waals surface area contributed by atoms with Gasteiger partial charge in [0.2, 0.25) is 0 Å². The van der Waals surface area contributed by atoms with E-state index in [1.54, 1.807) is 24.3 Å². The van der Waals surface area contributed by atoms with E-state index < -0.39 is 0 Å². The van der Waals surface area contributed by atoms with Gasteiger partial charge in [0.1, 0.15) is 5.69 Å². The van der Waals surface area contributed by atoms with E-state index in [1.807, 2.05) is 19.1 Å². The SMILES string of the molecule is Cc1cccc(N)c1-c1nnnn1-c1c(Cl)cccc1Cl. The van der Waals surface area contributed by atoms with Crippen LogP contribution in [0, 0.1) is 6.92 Å². The van der Waals surface area contributed by atoms with Crippen molar-refractivity contribution in [1.29, 1.82) is 0 Å². The second-order valence-electron chi connectivity index (χ2n) is 4.52. The van der Waals surface area contributed by atoms with Crippen LogP contribution in [0.5, 0.6) is 0 Å². The molecule has 0 amide bonds. The number of nitrogens with two attached hydrogens (primary N) is 1. The predicted octanol–water partition coefficient (Wildman–Crippen LogP) is 3.53. The maximum absolute atomic E-state index is 6.23. The fourth-order valence-electron chi connectivity index (χ4n) is 2.18. The first-order chi connectivity index (χ1) is 10.1. The summed E-state index contributed by atoms with van der Waals surface area (Å²) in [7, 11) is 0. The fraction of sp³-hybridized carbons (Fsp3) is 0.0714. The zero-order valence-corrected chi connectivity index (χ0v) is 12.6. The van der Waals surface area contributed by atoms with Crippen molar-refractivity contribution in [2.45, 2.75) is 6.92 Å². The Morgan fingerprint density at radius 3 is 2.38 bits per heavy atom. The maximum Gasteiger partial charge on any atom is 0.189 e. The van der Waals surface area contributed by atoms with Crippen molar-refractivity contribution >= 4 is 28.9 Å². The monoisotopic (exact) mass is 319 g/mol. The summed E-state index contributed by atoms with van der Waals surface area (Å²) in [6.45, 7) is 1.94. The lowest BCUT2D eigenvalue weighted by Crippen LogP contribution is -2.04. The quantitative estimate of drug-likeness (QED) is 0.733. The van der Waals surface area contributed by atoms with Gasteiger partial charge in [-0.1, -0.05) is 41.4 Å². The van der Waals surface area contributed by atoms with E-state index in [0.717, 1.165) is 11.1 Å². The van der Waals surface area contributed by atoms with Gasteiger partial charge in [0.25, 0.3) is 0 Å². The zero-order chi connectivity index (χ0) is 15.0. The van der Waals surface area contributed by atoms with E-state index in [9.17, 15) is 0 Å². The van der Waals surface area contributed by atoms with Crippen LogP contribution < -0.4 is 5.73 Å². The molecule has 0 bridgehead atoms. The normalized spacial score (nSPS) is 10.8. The summed E-state index contributed by atoms with van der Waals surface area (Å²) in [6.07, 6.45) is 0. The first-order valence-corrected chi connectivity index (χ1v) is 6.93. The van der Waals surface area contributed by atoms with Crippen LogP contribution in [-0.4, -0.2) is 20.2 Å². The van der Waals surface area contributed by atoms with Gasteiger partial charge in [0.15, 0.2) is 5.82 Å². The van der Waals surface area contributed by atoms with Gasteiger partial charge in [-0.25, -0.2) is 0 Å². The minimum absolute atomic E-state index is 0.461. The van der Waals surface area contributed by atoms with Gasteiger partial charge in [-0.15, -0.1) is 5.10 Å². The second kappa shape index (κ2) is 5.35. The number of halogens is 2. The average molecular weight is 320 g/mol. The number of benzene rings is 2. The first-order valence-electron chi connectivity index (χ1n) is 6.18. The fourth-order valence-corrected chi connectivity index (χ4v) is 2.74. The minimum Gasteiger partial charge on any atom is -0.398 e. The molecule has 1 aromatic heterocycles. The zero-order valence-electron chi connectivity index (χ0n) is 11.1. The third-order valence-corrected chi connectivity index (χ3v) is 3.76. The Morgan fingerprint density at radius 2 is 1.71 bits per heavy atom. The first kappa shape index (κ1) is 13.9. The van der Waals surface area contributed by atoms with Crippen molar-refractivity contribution in [3.63, 3.8) is 0 Å². The molecule has 7 heteroatoms. The van der Waals surface area contributed by atoms with Gasteiger partial charge in [0, 0.05) is 11.3 Å². The third-order valence-electron chi connectivity index (χ3n) is 3.15. The van der Waals surface area contributed by atoms with Gasteiger partial charge in [-0.3, -0.25) is 0 Å². The largest absolute Gasteiger partial charge is 0.398 e. The smallest absolute Gasteiger partial charge is 0.189 e. The summed E-state index contributed by atoms with van der Waals surface area (Å²) >= 11 is 12.5. The molecule has 0 aliphatic carbocycles. The van der Waals surface area contributed by atoms with Crippen molar-refractivity contribution in [3.8, 4) is 17.1 Å². The molecule has 106 valence electrons. The molecule has 0 aliphatic rings. The number of hydrogen-bond acceptors (Lipinski definition) is 4. The second-order valence-corrected chi connectivity index (χ2v) is 5.34. The highest BCUT2D eigenvalue weighted by Gasteiger charge is 2.19. The molecule has 21 heavy (non-hydrogen) atoms. The molecule has 0 fully saturated rings. The number of nitrogens with zero attached hydrogens (tertiary/aromatic N) is 4. The van der Waals surface area contributed by atoms with Crippen molar-refractivity contribution < 1.29 is 0 Å². The van der Waals surface area contributed by atoms with Crippen LogP contribution >= 0.6 is 23.2 Å². The van der Waals surface area contributed by atoms with Crippen LogP contribution in [0.25, 0.3) is 17.1 Å². The summed E-state index contributed by atoms with van der Waals surface area (Å²) in [4.78, 5) is 0. The highest BCUT2D eigenvalue weighted by molar-refractivity contribution is 6.37. The molecule has 0 atom stereocenters. The van der Waals surface area contributed by atoms with E-state index >= 15 is 0 Å². The molecule has 0 spiro atoms. The van der Waals surface area contributed by atoms with Gasteiger partial charge in [-0.05, 0) is 41.1 Å². The number of nitrogen functional groups attached to an aromatic ring is 1. The summed E-state index contributed by atoms with van der Waals surface area (Å²) in [5.41, 5.74) is 8.91. The Kier molecular flexibility index (Phi) is 3.53. The van der Waals surface area contributed by atoms with Crippen LogP contribution in [0.4, 0.5) is 5.69 Å². The lowest BCUT2D eigenvalue weighted by Gasteiger charge is -2.11. The number of tetrazole rings is 1. The Bertz CT molecular complexity index is 706. The number of aryl methyl sites for hydroxylation is 1. The standard InChI is InChI=1S/C14H11Cl2N5/c1-8-4-2-7-11(17)12(8)14-18-19-20-21(14)13-9(15)5-3-6-10(13)16/h2-7H,17H2,1H3. The molecular formula is C14H11Cl2N5. The van der Waals surface area contributed by atoms with Crippen LogP contribution in [0.3, 0.4) is 0 Å². The molecule has 0 aliphatic heterocycles. The minimum atomic E-state index is 0.461. The molecule has 3 aromatic rings.